The van der Waals surface area contributed by atoms with Gasteiger partial charge in [0.15, 0.2) is 0 Å². The molecule has 0 radical (unpaired) electrons. The van der Waals surface area contributed by atoms with Crippen LogP contribution in [0.15, 0.2) is 0 Å². The number of rotatable bonds is 4. The fourth-order valence-electron chi connectivity index (χ4n) is 0.653. The summed E-state index contributed by atoms with van der Waals surface area (Å²) < 4.78 is 4.22. The summed E-state index contributed by atoms with van der Waals surface area (Å²) in [6.45, 7) is 1.78. The fraction of sp³-hybridized carbons (Fsp3) is 0.571. The van der Waals surface area contributed by atoms with Gasteiger partial charge in [-0.25, -0.2) is 4.79 Å². The highest BCUT2D eigenvalue weighted by Crippen LogP contribution is 1.92. The number of carbonyl (C=O) groups excluding carboxylic acids is 2. The number of ether oxygens (including phenoxy) is 1. The van der Waals surface area contributed by atoms with Crippen molar-refractivity contribution < 1.29 is 19.1 Å². The van der Waals surface area contributed by atoms with Crippen LogP contribution in [-0.2, 0) is 14.3 Å². The van der Waals surface area contributed by atoms with E-state index < -0.39 is 17.5 Å². The molecule has 0 heterocycles. The van der Waals surface area contributed by atoms with Crippen LogP contribution >= 0.6 is 0 Å². The average Bonchev–Trinajstić information content (AvgIpc) is 2.06. The first-order valence-electron chi connectivity index (χ1n) is 3.50. The molecule has 0 fully saturated rings. The largest absolute Gasteiger partial charge is 0.460 e. The zero-order chi connectivity index (χ0) is 9.56. The van der Waals surface area contributed by atoms with Crippen molar-refractivity contribution in [3.63, 3.8) is 0 Å². The average molecular weight is 170 g/mol. The Kier molecular flexibility index (Phi) is 4.57. The molecular weight excluding hydrogens is 160 g/mol. The lowest BCUT2D eigenvalue weighted by Gasteiger charge is -1.91. The van der Waals surface area contributed by atoms with Crippen LogP contribution in [0.2, 0.25) is 0 Å². The zero-order valence-electron chi connectivity index (χ0n) is 7.03. The van der Waals surface area contributed by atoms with Crippen molar-refractivity contribution >= 4 is 17.5 Å². The van der Waals surface area contributed by atoms with E-state index in [4.69, 9.17) is 5.53 Å². The van der Waals surface area contributed by atoms with Gasteiger partial charge in [0.25, 0.3) is 5.78 Å². The Morgan fingerprint density at radius 2 is 2.08 bits per heavy atom. The van der Waals surface area contributed by atoms with E-state index in [0.717, 1.165) is 7.11 Å². The zero-order valence-corrected chi connectivity index (χ0v) is 7.03. The number of hydrogen-bond donors (Lipinski definition) is 0. The highest BCUT2D eigenvalue weighted by molar-refractivity contribution is 6.62. The number of carbonyl (C=O) groups is 2. The molecule has 0 aromatic rings. The first-order valence-corrected chi connectivity index (χ1v) is 3.50. The highest BCUT2D eigenvalue weighted by Gasteiger charge is 2.28. The van der Waals surface area contributed by atoms with Gasteiger partial charge in [-0.1, -0.05) is 6.92 Å². The Hall–Kier alpha value is -1.48. The summed E-state index contributed by atoms with van der Waals surface area (Å²) in [6, 6.07) is 0. The van der Waals surface area contributed by atoms with E-state index in [1.165, 1.54) is 0 Å². The van der Waals surface area contributed by atoms with Gasteiger partial charge in [-0.3, -0.25) is 4.79 Å². The van der Waals surface area contributed by atoms with Crippen molar-refractivity contribution in [2.75, 3.05) is 7.11 Å². The topological polar surface area (TPSA) is 79.8 Å². The summed E-state index contributed by atoms with van der Waals surface area (Å²) >= 11 is 0. The van der Waals surface area contributed by atoms with Crippen molar-refractivity contribution in [1.82, 2.24) is 0 Å². The Morgan fingerprint density at radius 3 is 2.42 bits per heavy atom. The molecule has 0 saturated heterocycles. The lowest BCUT2D eigenvalue weighted by molar-refractivity contribution is -0.139. The van der Waals surface area contributed by atoms with E-state index >= 15 is 0 Å². The van der Waals surface area contributed by atoms with Gasteiger partial charge in [-0.2, -0.15) is 4.79 Å². The molecule has 0 aromatic heterocycles. The normalized spacial score (nSPS) is 8.50. The fourth-order valence-corrected chi connectivity index (χ4v) is 0.653. The number of ketones is 1. The van der Waals surface area contributed by atoms with Crippen LogP contribution in [0.3, 0.4) is 0 Å². The molecule has 5 heteroatoms. The molecule has 0 atom stereocenters. The van der Waals surface area contributed by atoms with Crippen LogP contribution < -0.4 is 0 Å². The molecule has 66 valence electrons. The third kappa shape index (κ3) is 2.64. The minimum atomic E-state index is -0.907. The summed E-state index contributed by atoms with van der Waals surface area (Å²) in [6.07, 6.45) is 0.767. The molecule has 0 unspecified atom stereocenters. The summed E-state index contributed by atoms with van der Waals surface area (Å²) in [4.78, 5) is 24.3. The maximum atomic E-state index is 11.0. The van der Waals surface area contributed by atoms with Crippen molar-refractivity contribution in [1.29, 1.82) is 0 Å². The molecule has 0 spiro atoms. The van der Waals surface area contributed by atoms with Crippen molar-refractivity contribution in [3.05, 3.63) is 5.53 Å². The predicted octanol–water partition coefficient (Wildman–Crippen LogP) is 0.199. The second kappa shape index (κ2) is 5.21. The first-order chi connectivity index (χ1) is 5.67. The Balaban J connectivity index is 4.48. The van der Waals surface area contributed by atoms with Crippen molar-refractivity contribution in [3.8, 4) is 0 Å². The highest BCUT2D eigenvalue weighted by atomic mass is 16.5. The molecule has 0 saturated carbocycles. The molecule has 0 N–H and O–H groups in total. The van der Waals surface area contributed by atoms with Crippen LogP contribution in [-0.4, -0.2) is 29.4 Å². The Bertz CT molecular complexity index is 241. The van der Waals surface area contributed by atoms with Gasteiger partial charge in [0.05, 0.1) is 7.11 Å². The van der Waals surface area contributed by atoms with Gasteiger partial charge in [-0.15, -0.1) is 0 Å². The lowest BCUT2D eigenvalue weighted by Crippen LogP contribution is -2.26. The van der Waals surface area contributed by atoms with Gasteiger partial charge in [0.2, 0.25) is 0 Å². The minimum absolute atomic E-state index is 0.175. The lowest BCUT2D eigenvalue weighted by atomic mass is 10.1. The quantitative estimate of drug-likeness (QED) is 0.199. The van der Waals surface area contributed by atoms with E-state index in [1.54, 1.807) is 6.92 Å². The molecule has 0 bridgehead atoms. The van der Waals surface area contributed by atoms with Crippen LogP contribution in [0.1, 0.15) is 19.8 Å². The molecule has 12 heavy (non-hydrogen) atoms. The Morgan fingerprint density at radius 1 is 1.50 bits per heavy atom. The summed E-state index contributed by atoms with van der Waals surface area (Å²) in [5.74, 6) is -1.41. The summed E-state index contributed by atoms with van der Waals surface area (Å²) in [7, 11) is 1.12. The molecule has 0 rings (SSSR count). The minimum Gasteiger partial charge on any atom is -0.460 e. The molecule has 0 aliphatic rings. The molecule has 5 nitrogen and oxygen atoms in total. The summed E-state index contributed by atoms with van der Waals surface area (Å²) in [5.41, 5.74) is 7.75. The summed E-state index contributed by atoms with van der Waals surface area (Å²) in [5, 5.41) is 0. The van der Waals surface area contributed by atoms with Crippen LogP contribution in [0, 0.1) is 0 Å². The van der Waals surface area contributed by atoms with Crippen LogP contribution in [0.5, 0.6) is 0 Å². The van der Waals surface area contributed by atoms with Gasteiger partial charge in [0, 0.05) is 6.42 Å². The monoisotopic (exact) mass is 170 g/mol. The van der Waals surface area contributed by atoms with E-state index in [9.17, 15) is 9.59 Å². The predicted molar refractivity (Wildman–Crippen MR) is 40.6 cm³/mol. The van der Waals surface area contributed by atoms with Crippen LogP contribution in [0.4, 0.5) is 0 Å². The molecule has 0 aliphatic carbocycles. The number of Topliss-reactive ketones (excluding diaryl/α,β-unsaturated/α-hetero) is 1. The van der Waals surface area contributed by atoms with Gasteiger partial charge in [0.1, 0.15) is 0 Å². The number of esters is 1. The third-order valence-corrected chi connectivity index (χ3v) is 1.22. The van der Waals surface area contributed by atoms with Gasteiger partial charge in [-0.05, 0) is 6.42 Å². The number of hydrogen-bond acceptors (Lipinski definition) is 3. The van der Waals surface area contributed by atoms with Crippen molar-refractivity contribution in [2.24, 2.45) is 0 Å². The number of nitrogens with zero attached hydrogens (tertiary/aromatic N) is 2. The molecule has 0 aromatic carbocycles. The molecule has 0 amide bonds. The third-order valence-electron chi connectivity index (χ3n) is 1.22. The van der Waals surface area contributed by atoms with Crippen LogP contribution in [0.25, 0.3) is 5.53 Å². The number of methoxy groups -OCH3 is 1. The molecule has 0 aliphatic heterocycles. The first kappa shape index (κ1) is 10.5. The maximum absolute atomic E-state index is 11.0. The second-order valence-electron chi connectivity index (χ2n) is 2.11. The van der Waals surface area contributed by atoms with E-state index in [0.29, 0.717) is 6.42 Å². The van der Waals surface area contributed by atoms with E-state index in [2.05, 4.69) is 9.53 Å². The van der Waals surface area contributed by atoms with Gasteiger partial charge >= 0.3 is 11.7 Å². The van der Waals surface area contributed by atoms with E-state index in [-0.39, 0.29) is 6.42 Å². The maximum Gasteiger partial charge on any atom is 0.441 e. The van der Waals surface area contributed by atoms with E-state index in [1.807, 2.05) is 0 Å². The SMILES string of the molecule is CCCC(=O)C(=[N+]=[N-])C(=O)OC. The Labute approximate surface area is 69.9 Å². The molecular formula is C7H10N2O3. The standard InChI is InChI=1S/C7H10N2O3/c1-3-4-5(10)6(9-8)7(11)12-2/h3-4H2,1-2H3. The van der Waals surface area contributed by atoms with Crippen molar-refractivity contribution in [2.45, 2.75) is 19.8 Å². The van der Waals surface area contributed by atoms with Gasteiger partial charge < -0.3 is 10.3 Å². The second-order valence-corrected chi connectivity index (χ2v) is 2.11. The smallest absolute Gasteiger partial charge is 0.441 e.